The van der Waals surface area contributed by atoms with Crippen LogP contribution in [-0.4, -0.2) is 24.6 Å². The van der Waals surface area contributed by atoms with E-state index in [1.165, 1.54) is 23.6 Å². The lowest BCUT2D eigenvalue weighted by atomic mass is 10.2. The monoisotopic (exact) mass is 288 g/mol. The van der Waals surface area contributed by atoms with Crippen LogP contribution in [-0.2, 0) is 20.9 Å². The van der Waals surface area contributed by atoms with Gasteiger partial charge in [-0.2, -0.15) is 8.42 Å². The van der Waals surface area contributed by atoms with Gasteiger partial charge in [0.1, 0.15) is 23.1 Å². The van der Waals surface area contributed by atoms with E-state index in [2.05, 4.69) is 14.2 Å². The molecule has 0 amide bonds. The largest absolute Gasteiger partial charge is 0.264 e. The van der Waals surface area contributed by atoms with E-state index in [9.17, 15) is 12.8 Å². The van der Waals surface area contributed by atoms with Crippen LogP contribution < -0.4 is 0 Å². The third-order valence-corrected chi connectivity index (χ3v) is 3.37. The maximum atomic E-state index is 13.7. The fourth-order valence-corrected chi connectivity index (χ4v) is 2.16. The minimum Gasteiger partial charge on any atom is -0.264 e. The van der Waals surface area contributed by atoms with Crippen molar-refractivity contribution >= 4 is 21.5 Å². The van der Waals surface area contributed by atoms with E-state index in [4.69, 9.17) is 0 Å². The maximum absolute atomic E-state index is 13.7. The highest BCUT2D eigenvalue weighted by Crippen LogP contribution is 2.22. The summed E-state index contributed by atoms with van der Waals surface area (Å²) in [5, 5.41) is 2.42. The summed E-state index contributed by atoms with van der Waals surface area (Å²) in [6.07, 6.45) is 3.94. The number of thiazole rings is 1. The topological polar surface area (TPSA) is 69.2 Å². The van der Waals surface area contributed by atoms with Gasteiger partial charge in [-0.3, -0.25) is 9.17 Å². The van der Waals surface area contributed by atoms with Gasteiger partial charge in [-0.1, -0.05) is 0 Å². The molecule has 2 rings (SSSR count). The SMILES string of the molecule is CS(=O)(=O)OCc1ncc(-c2nccs2)cc1F. The Morgan fingerprint density at radius 1 is 1.44 bits per heavy atom. The van der Waals surface area contributed by atoms with Gasteiger partial charge in [0, 0.05) is 23.3 Å². The van der Waals surface area contributed by atoms with E-state index < -0.39 is 22.5 Å². The van der Waals surface area contributed by atoms with Crippen molar-refractivity contribution in [2.24, 2.45) is 0 Å². The van der Waals surface area contributed by atoms with E-state index in [0.717, 1.165) is 6.26 Å². The first-order chi connectivity index (χ1) is 8.46. The van der Waals surface area contributed by atoms with Crippen LogP contribution in [0.5, 0.6) is 0 Å². The normalized spacial score (nSPS) is 11.7. The molecule has 0 aliphatic heterocycles. The van der Waals surface area contributed by atoms with Crippen molar-refractivity contribution in [3.63, 3.8) is 0 Å². The maximum Gasteiger partial charge on any atom is 0.264 e. The molecule has 0 unspecified atom stereocenters. The zero-order valence-corrected chi connectivity index (χ0v) is 11.0. The molecule has 0 radical (unpaired) electrons. The van der Waals surface area contributed by atoms with Gasteiger partial charge in [0.25, 0.3) is 10.1 Å². The fraction of sp³-hybridized carbons (Fsp3) is 0.200. The van der Waals surface area contributed by atoms with Gasteiger partial charge in [0.05, 0.1) is 6.26 Å². The molecule has 5 nitrogen and oxygen atoms in total. The summed E-state index contributed by atoms with van der Waals surface area (Å²) in [5.41, 5.74) is 0.492. The van der Waals surface area contributed by atoms with Gasteiger partial charge in [-0.25, -0.2) is 9.37 Å². The van der Waals surface area contributed by atoms with Crippen LogP contribution in [0.2, 0.25) is 0 Å². The summed E-state index contributed by atoms with van der Waals surface area (Å²) in [6.45, 7) is -0.414. The van der Waals surface area contributed by atoms with Crippen LogP contribution in [0.4, 0.5) is 4.39 Å². The average molecular weight is 288 g/mol. The Balaban J connectivity index is 2.21. The van der Waals surface area contributed by atoms with E-state index >= 15 is 0 Å². The molecular weight excluding hydrogens is 279 g/mol. The predicted molar refractivity (Wildman–Crippen MR) is 64.9 cm³/mol. The summed E-state index contributed by atoms with van der Waals surface area (Å²) < 4.78 is 39.7. The first-order valence-electron chi connectivity index (χ1n) is 4.84. The standard InChI is InChI=1S/C10H9FN2O3S2/c1-18(14,15)16-6-9-8(11)4-7(5-13-9)10-12-2-3-17-10/h2-5H,6H2,1H3. The van der Waals surface area contributed by atoms with Crippen molar-refractivity contribution in [3.05, 3.63) is 35.4 Å². The van der Waals surface area contributed by atoms with Crippen LogP contribution in [0.15, 0.2) is 23.8 Å². The lowest BCUT2D eigenvalue weighted by Gasteiger charge is -2.03. The molecule has 0 bridgehead atoms. The molecule has 0 spiro atoms. The van der Waals surface area contributed by atoms with Crippen molar-refractivity contribution in [3.8, 4) is 10.6 Å². The lowest BCUT2D eigenvalue weighted by Crippen LogP contribution is -2.05. The number of pyridine rings is 1. The smallest absolute Gasteiger partial charge is 0.264 e. The Labute approximate surface area is 107 Å². The second-order valence-electron chi connectivity index (χ2n) is 3.46. The van der Waals surface area contributed by atoms with E-state index in [1.54, 1.807) is 11.6 Å². The Morgan fingerprint density at radius 2 is 2.22 bits per heavy atom. The van der Waals surface area contributed by atoms with Crippen molar-refractivity contribution in [1.82, 2.24) is 9.97 Å². The van der Waals surface area contributed by atoms with Crippen LogP contribution in [0.3, 0.4) is 0 Å². The zero-order chi connectivity index (χ0) is 13.2. The van der Waals surface area contributed by atoms with Crippen molar-refractivity contribution in [2.75, 3.05) is 6.26 Å². The molecule has 0 saturated heterocycles. The summed E-state index contributed by atoms with van der Waals surface area (Å²) in [4.78, 5) is 7.87. The highest BCUT2D eigenvalue weighted by atomic mass is 32.2. The Morgan fingerprint density at radius 3 is 2.78 bits per heavy atom. The number of nitrogens with zero attached hydrogens (tertiary/aromatic N) is 2. The second kappa shape index (κ2) is 5.09. The van der Waals surface area contributed by atoms with Gasteiger partial charge in [0.15, 0.2) is 0 Å². The van der Waals surface area contributed by atoms with Crippen LogP contribution in [0.1, 0.15) is 5.69 Å². The third-order valence-electron chi connectivity index (χ3n) is 2.01. The number of aromatic nitrogens is 2. The molecule has 2 aromatic heterocycles. The molecular formula is C10H9FN2O3S2. The molecule has 8 heteroatoms. The van der Waals surface area contributed by atoms with Crippen LogP contribution in [0.25, 0.3) is 10.6 Å². The van der Waals surface area contributed by atoms with Gasteiger partial charge in [-0.05, 0) is 6.07 Å². The molecule has 0 fully saturated rings. The van der Waals surface area contributed by atoms with Gasteiger partial charge < -0.3 is 0 Å². The summed E-state index contributed by atoms with van der Waals surface area (Å²) >= 11 is 1.36. The molecule has 18 heavy (non-hydrogen) atoms. The van der Waals surface area contributed by atoms with Gasteiger partial charge in [0.2, 0.25) is 0 Å². The van der Waals surface area contributed by atoms with Crippen molar-refractivity contribution in [1.29, 1.82) is 0 Å². The molecule has 0 aliphatic carbocycles. The quantitative estimate of drug-likeness (QED) is 0.803. The molecule has 2 heterocycles. The molecule has 0 N–H and O–H groups in total. The van der Waals surface area contributed by atoms with Crippen LogP contribution >= 0.6 is 11.3 Å². The van der Waals surface area contributed by atoms with Crippen molar-refractivity contribution < 1.29 is 17.0 Å². The minimum atomic E-state index is -3.61. The Kier molecular flexibility index (Phi) is 3.69. The minimum absolute atomic E-state index is 0.0549. The van der Waals surface area contributed by atoms with Crippen molar-refractivity contribution in [2.45, 2.75) is 6.61 Å². The molecule has 0 atom stereocenters. The van der Waals surface area contributed by atoms with E-state index in [-0.39, 0.29) is 5.69 Å². The lowest BCUT2D eigenvalue weighted by molar-refractivity contribution is 0.300. The second-order valence-corrected chi connectivity index (χ2v) is 5.99. The first-order valence-corrected chi connectivity index (χ1v) is 7.54. The first kappa shape index (κ1) is 13.1. The zero-order valence-electron chi connectivity index (χ0n) is 9.33. The highest BCUT2D eigenvalue weighted by molar-refractivity contribution is 7.85. The summed E-state index contributed by atoms with van der Waals surface area (Å²) in [7, 11) is -3.61. The van der Waals surface area contributed by atoms with Gasteiger partial charge in [-0.15, -0.1) is 11.3 Å². The van der Waals surface area contributed by atoms with E-state index in [0.29, 0.717) is 10.6 Å². The summed E-state index contributed by atoms with van der Waals surface area (Å²) in [6, 6.07) is 1.26. The van der Waals surface area contributed by atoms with Crippen LogP contribution in [0, 0.1) is 5.82 Å². The molecule has 0 saturated carbocycles. The Bertz CT molecular complexity index is 641. The third kappa shape index (κ3) is 3.31. The predicted octanol–water partition coefficient (Wildman–Crippen LogP) is 1.82. The number of halogens is 1. The number of hydrogen-bond acceptors (Lipinski definition) is 6. The molecule has 0 aromatic carbocycles. The fourth-order valence-electron chi connectivity index (χ4n) is 1.22. The molecule has 2 aromatic rings. The molecule has 96 valence electrons. The average Bonchev–Trinajstić information content (AvgIpc) is 2.79. The number of rotatable bonds is 4. The van der Waals surface area contributed by atoms with E-state index in [1.807, 2.05) is 0 Å². The number of hydrogen-bond donors (Lipinski definition) is 0. The highest BCUT2D eigenvalue weighted by Gasteiger charge is 2.11. The molecule has 0 aliphatic rings. The summed E-state index contributed by atoms with van der Waals surface area (Å²) in [5.74, 6) is -0.619. The Hall–Kier alpha value is -1.38. The van der Waals surface area contributed by atoms with Gasteiger partial charge >= 0.3 is 0 Å².